The molecule has 0 atom stereocenters. The number of nitrogens with zero attached hydrogens (tertiary/aromatic N) is 4. The predicted octanol–water partition coefficient (Wildman–Crippen LogP) is 1.03. The van der Waals surface area contributed by atoms with Crippen molar-refractivity contribution in [2.45, 2.75) is 19.4 Å². The van der Waals surface area contributed by atoms with Crippen LogP contribution in [0.25, 0.3) is 0 Å². The number of guanidine groups is 1. The van der Waals surface area contributed by atoms with Gasteiger partial charge in [-0.1, -0.05) is 18.2 Å². The molecule has 1 aliphatic rings. The first kappa shape index (κ1) is 17.0. The quantitative estimate of drug-likeness (QED) is 0.468. The zero-order chi connectivity index (χ0) is 17.5. The van der Waals surface area contributed by atoms with Crippen molar-refractivity contribution < 1.29 is 4.79 Å². The van der Waals surface area contributed by atoms with Crippen LogP contribution < -0.4 is 15.5 Å². The smallest absolute Gasteiger partial charge is 0.246 e. The van der Waals surface area contributed by atoms with E-state index in [0.29, 0.717) is 5.96 Å². The molecule has 0 saturated carbocycles. The Labute approximate surface area is 147 Å². The van der Waals surface area contributed by atoms with Crippen LogP contribution in [0.2, 0.25) is 0 Å². The number of aliphatic imine (C=N–C) groups is 1. The lowest BCUT2D eigenvalue weighted by Gasteiger charge is -2.18. The van der Waals surface area contributed by atoms with Crippen LogP contribution in [0.1, 0.15) is 12.0 Å². The van der Waals surface area contributed by atoms with E-state index in [4.69, 9.17) is 0 Å². The highest BCUT2D eigenvalue weighted by molar-refractivity contribution is 5.98. The lowest BCUT2D eigenvalue weighted by molar-refractivity contribution is -0.117. The van der Waals surface area contributed by atoms with Crippen LogP contribution in [0.5, 0.6) is 0 Å². The molecule has 132 valence electrons. The monoisotopic (exact) mass is 340 g/mol. The van der Waals surface area contributed by atoms with Crippen molar-refractivity contribution in [1.82, 2.24) is 20.4 Å². The highest BCUT2D eigenvalue weighted by atomic mass is 16.2. The van der Waals surface area contributed by atoms with E-state index in [0.717, 1.165) is 38.2 Å². The van der Waals surface area contributed by atoms with Gasteiger partial charge in [-0.3, -0.25) is 14.5 Å². The predicted molar refractivity (Wildman–Crippen MR) is 98.7 cm³/mol. The molecule has 1 aromatic carbocycles. The molecule has 1 amide bonds. The largest absolute Gasteiger partial charge is 0.356 e. The average molecular weight is 340 g/mol. The Morgan fingerprint density at radius 1 is 1.28 bits per heavy atom. The summed E-state index contributed by atoms with van der Waals surface area (Å²) in [6, 6.07) is 9.98. The van der Waals surface area contributed by atoms with Crippen molar-refractivity contribution in [2.24, 2.45) is 4.99 Å². The lowest BCUT2D eigenvalue weighted by Crippen LogP contribution is -2.44. The lowest BCUT2D eigenvalue weighted by atomic mass is 10.2. The number of anilines is 1. The molecule has 0 fully saturated rings. The summed E-state index contributed by atoms with van der Waals surface area (Å²) in [5.41, 5.74) is 2.26. The van der Waals surface area contributed by atoms with Crippen molar-refractivity contribution in [3.63, 3.8) is 0 Å². The van der Waals surface area contributed by atoms with Crippen LogP contribution in [0.4, 0.5) is 5.69 Å². The number of hydrogen-bond donors (Lipinski definition) is 2. The third kappa shape index (κ3) is 4.37. The van der Waals surface area contributed by atoms with Gasteiger partial charge in [0.05, 0.1) is 6.54 Å². The molecule has 7 heteroatoms. The number of carbonyl (C=O) groups excluding carboxylic acids is 1. The van der Waals surface area contributed by atoms with E-state index in [1.54, 1.807) is 13.2 Å². The maximum atomic E-state index is 12.5. The Morgan fingerprint density at radius 3 is 2.96 bits per heavy atom. The van der Waals surface area contributed by atoms with E-state index in [1.807, 2.05) is 40.0 Å². The zero-order valence-corrected chi connectivity index (χ0v) is 14.5. The molecular formula is C18H24N6O. The van der Waals surface area contributed by atoms with Crippen molar-refractivity contribution in [2.75, 3.05) is 31.6 Å². The number of carbonyl (C=O) groups is 1. The summed E-state index contributed by atoms with van der Waals surface area (Å²) in [6.45, 7) is 2.59. The highest BCUT2D eigenvalue weighted by Gasteiger charge is 2.23. The molecule has 2 aromatic rings. The number of fused-ring (bicyclic) bond motifs is 1. The topological polar surface area (TPSA) is 74.5 Å². The van der Waals surface area contributed by atoms with Gasteiger partial charge in [-0.15, -0.1) is 0 Å². The first-order valence-electron chi connectivity index (χ1n) is 8.58. The second kappa shape index (κ2) is 8.32. The number of aryl methyl sites for hydroxylation is 1. The van der Waals surface area contributed by atoms with Crippen LogP contribution in [0.15, 0.2) is 47.7 Å². The molecule has 0 spiro atoms. The normalized spacial score (nSPS) is 13.6. The maximum absolute atomic E-state index is 12.5. The van der Waals surface area contributed by atoms with Gasteiger partial charge in [0.25, 0.3) is 0 Å². The van der Waals surface area contributed by atoms with Gasteiger partial charge in [-0.2, -0.15) is 5.10 Å². The molecule has 2 N–H and O–H groups in total. The van der Waals surface area contributed by atoms with Gasteiger partial charge in [-0.05, 0) is 30.5 Å². The molecule has 0 bridgehead atoms. The van der Waals surface area contributed by atoms with Crippen LogP contribution in [0.3, 0.4) is 0 Å². The number of hydrogen-bond acceptors (Lipinski definition) is 3. The fraction of sp³-hybridized carbons (Fsp3) is 0.389. The van der Waals surface area contributed by atoms with Crippen LogP contribution in [0, 0.1) is 0 Å². The molecule has 0 radical (unpaired) electrons. The van der Waals surface area contributed by atoms with Gasteiger partial charge >= 0.3 is 0 Å². The van der Waals surface area contributed by atoms with Gasteiger partial charge in [0.1, 0.15) is 0 Å². The summed E-state index contributed by atoms with van der Waals surface area (Å²) >= 11 is 0. The summed E-state index contributed by atoms with van der Waals surface area (Å²) in [7, 11) is 1.71. The minimum atomic E-state index is 0.0597. The number of benzene rings is 1. The Kier molecular flexibility index (Phi) is 5.66. The number of nitrogens with one attached hydrogen (secondary N) is 2. The van der Waals surface area contributed by atoms with E-state index in [1.165, 1.54) is 5.56 Å². The standard InChI is InChI=1S/C18H24N6O/c1-19-18(20-9-4-11-23-12-5-10-22-23)21-14-17(25)24-13-8-15-6-2-3-7-16(15)24/h2-3,5-7,10,12H,4,8-9,11,13-14H2,1H3,(H2,19,20,21). The SMILES string of the molecule is CN=C(NCCCn1cccn1)NCC(=O)N1CCc2ccccc21. The fourth-order valence-electron chi connectivity index (χ4n) is 2.95. The Morgan fingerprint density at radius 2 is 2.16 bits per heavy atom. The third-order valence-corrected chi connectivity index (χ3v) is 4.23. The second-order valence-corrected chi connectivity index (χ2v) is 5.90. The molecule has 3 rings (SSSR count). The van der Waals surface area contributed by atoms with E-state index < -0.39 is 0 Å². The maximum Gasteiger partial charge on any atom is 0.246 e. The van der Waals surface area contributed by atoms with Crippen molar-refractivity contribution in [3.05, 3.63) is 48.3 Å². The van der Waals surface area contributed by atoms with E-state index in [9.17, 15) is 4.79 Å². The number of amides is 1. The van der Waals surface area contributed by atoms with E-state index in [2.05, 4.69) is 26.8 Å². The third-order valence-electron chi connectivity index (χ3n) is 4.23. The summed E-state index contributed by atoms with van der Waals surface area (Å²) in [4.78, 5) is 18.5. The van der Waals surface area contributed by atoms with Crippen molar-refractivity contribution in [1.29, 1.82) is 0 Å². The van der Waals surface area contributed by atoms with Crippen LogP contribution in [-0.2, 0) is 17.8 Å². The minimum absolute atomic E-state index is 0.0597. The van der Waals surface area contributed by atoms with Crippen molar-refractivity contribution in [3.8, 4) is 0 Å². The molecular weight excluding hydrogens is 316 g/mol. The van der Waals surface area contributed by atoms with Gasteiger partial charge in [-0.25, -0.2) is 0 Å². The molecule has 7 nitrogen and oxygen atoms in total. The Hall–Kier alpha value is -2.83. The first-order chi connectivity index (χ1) is 12.3. The number of rotatable bonds is 6. The van der Waals surface area contributed by atoms with Gasteiger partial charge in [0.2, 0.25) is 5.91 Å². The molecule has 0 unspecified atom stereocenters. The molecule has 1 aliphatic heterocycles. The average Bonchev–Trinajstić information content (AvgIpc) is 3.30. The highest BCUT2D eigenvalue weighted by Crippen LogP contribution is 2.27. The summed E-state index contributed by atoms with van der Waals surface area (Å²) < 4.78 is 1.90. The minimum Gasteiger partial charge on any atom is -0.356 e. The van der Waals surface area contributed by atoms with Crippen LogP contribution in [-0.4, -0.2) is 48.3 Å². The van der Waals surface area contributed by atoms with Crippen LogP contribution >= 0.6 is 0 Å². The Balaban J connectivity index is 1.41. The first-order valence-corrected chi connectivity index (χ1v) is 8.58. The molecule has 2 heterocycles. The molecule has 1 aromatic heterocycles. The molecule has 25 heavy (non-hydrogen) atoms. The zero-order valence-electron chi connectivity index (χ0n) is 14.5. The Bertz CT molecular complexity index is 725. The van der Waals surface area contributed by atoms with E-state index in [-0.39, 0.29) is 12.5 Å². The van der Waals surface area contributed by atoms with Gasteiger partial charge in [0.15, 0.2) is 5.96 Å². The summed E-state index contributed by atoms with van der Waals surface area (Å²) in [6.07, 6.45) is 5.56. The number of aromatic nitrogens is 2. The fourth-order valence-corrected chi connectivity index (χ4v) is 2.95. The number of para-hydroxylation sites is 1. The van der Waals surface area contributed by atoms with Gasteiger partial charge in [0, 0.05) is 44.8 Å². The molecule has 0 aliphatic carbocycles. The van der Waals surface area contributed by atoms with Crippen molar-refractivity contribution >= 4 is 17.6 Å². The summed E-state index contributed by atoms with van der Waals surface area (Å²) in [5.74, 6) is 0.700. The van der Waals surface area contributed by atoms with E-state index >= 15 is 0 Å². The van der Waals surface area contributed by atoms with Gasteiger partial charge < -0.3 is 15.5 Å². The molecule has 0 saturated heterocycles. The summed E-state index contributed by atoms with van der Waals surface area (Å²) in [5, 5.41) is 10.5. The second-order valence-electron chi connectivity index (χ2n) is 5.90.